The van der Waals surface area contributed by atoms with E-state index in [4.69, 9.17) is 10.5 Å². The zero-order chi connectivity index (χ0) is 14.4. The van der Waals surface area contributed by atoms with Crippen LogP contribution in [0.3, 0.4) is 0 Å². The number of amides is 1. The molecule has 5 nitrogen and oxygen atoms in total. The number of carbonyl (C=O) groups is 1. The Balaban J connectivity index is 1.81. The van der Waals surface area contributed by atoms with Crippen LogP contribution in [-0.2, 0) is 11.3 Å². The Labute approximate surface area is 120 Å². The fourth-order valence-corrected chi connectivity index (χ4v) is 2.25. The Morgan fingerprint density at radius 1 is 1.20 bits per heavy atom. The summed E-state index contributed by atoms with van der Waals surface area (Å²) in [7, 11) is 2.09. The third kappa shape index (κ3) is 4.21. The van der Waals surface area contributed by atoms with Crippen LogP contribution in [0.15, 0.2) is 24.3 Å². The molecule has 0 atom stereocenters. The van der Waals surface area contributed by atoms with Crippen LogP contribution < -0.4 is 10.5 Å². The van der Waals surface area contributed by atoms with Crippen LogP contribution in [-0.4, -0.2) is 55.5 Å². The second kappa shape index (κ2) is 7.26. The molecule has 1 heterocycles. The van der Waals surface area contributed by atoms with E-state index in [1.807, 2.05) is 29.2 Å². The predicted molar refractivity (Wildman–Crippen MR) is 78.5 cm³/mol. The molecule has 20 heavy (non-hydrogen) atoms. The fourth-order valence-electron chi connectivity index (χ4n) is 2.25. The average molecular weight is 277 g/mol. The zero-order valence-electron chi connectivity index (χ0n) is 12.0. The van der Waals surface area contributed by atoms with E-state index < -0.39 is 0 Å². The lowest BCUT2D eigenvalue weighted by Crippen LogP contribution is -2.37. The lowest BCUT2D eigenvalue weighted by Gasteiger charge is -2.20. The smallest absolute Gasteiger partial charge is 0.260 e. The first-order valence-electron chi connectivity index (χ1n) is 7.07. The summed E-state index contributed by atoms with van der Waals surface area (Å²) in [6.45, 7) is 4.19. The van der Waals surface area contributed by atoms with E-state index >= 15 is 0 Å². The monoisotopic (exact) mass is 277 g/mol. The number of nitrogens with zero attached hydrogens (tertiary/aromatic N) is 2. The molecule has 0 spiro atoms. The second-order valence-corrected chi connectivity index (χ2v) is 5.17. The Kier molecular flexibility index (Phi) is 5.38. The third-order valence-electron chi connectivity index (χ3n) is 3.59. The molecule has 0 unspecified atom stereocenters. The molecule has 1 aromatic carbocycles. The number of nitrogens with two attached hydrogens (primary N) is 1. The molecule has 1 aliphatic rings. The number of rotatable bonds is 4. The largest absolute Gasteiger partial charge is 0.484 e. The summed E-state index contributed by atoms with van der Waals surface area (Å²) in [5.41, 5.74) is 6.59. The first-order valence-corrected chi connectivity index (χ1v) is 7.07. The van der Waals surface area contributed by atoms with Gasteiger partial charge >= 0.3 is 0 Å². The minimum Gasteiger partial charge on any atom is -0.484 e. The second-order valence-electron chi connectivity index (χ2n) is 5.17. The molecule has 0 radical (unpaired) electrons. The molecule has 1 aliphatic heterocycles. The highest BCUT2D eigenvalue weighted by Crippen LogP contribution is 2.12. The molecule has 0 bridgehead atoms. The van der Waals surface area contributed by atoms with Crippen LogP contribution >= 0.6 is 0 Å². The summed E-state index contributed by atoms with van der Waals surface area (Å²) in [6, 6.07) is 7.54. The Morgan fingerprint density at radius 2 is 1.95 bits per heavy atom. The number of carbonyl (C=O) groups excluding carboxylic acids is 1. The molecule has 0 aromatic heterocycles. The van der Waals surface area contributed by atoms with E-state index in [1.165, 1.54) is 0 Å². The van der Waals surface area contributed by atoms with Crippen molar-refractivity contribution >= 4 is 5.91 Å². The molecule has 0 saturated carbocycles. The van der Waals surface area contributed by atoms with Gasteiger partial charge < -0.3 is 20.3 Å². The molecule has 110 valence electrons. The Bertz CT molecular complexity index is 433. The van der Waals surface area contributed by atoms with Crippen molar-refractivity contribution in [2.75, 3.05) is 39.8 Å². The average Bonchev–Trinajstić information content (AvgIpc) is 2.70. The van der Waals surface area contributed by atoms with Gasteiger partial charge in [0.25, 0.3) is 5.91 Å². The standard InChI is InChI=1S/C15H23N3O2/c1-17-7-2-8-18(10-9-17)15(19)12-20-14-5-3-13(11-16)4-6-14/h3-6H,2,7-12,16H2,1H3. The van der Waals surface area contributed by atoms with Crippen LogP contribution in [0.25, 0.3) is 0 Å². The maximum absolute atomic E-state index is 12.1. The highest BCUT2D eigenvalue weighted by atomic mass is 16.5. The topological polar surface area (TPSA) is 58.8 Å². The van der Waals surface area contributed by atoms with Crippen molar-refractivity contribution in [1.29, 1.82) is 0 Å². The molecule has 1 aromatic rings. The van der Waals surface area contributed by atoms with E-state index in [9.17, 15) is 4.79 Å². The van der Waals surface area contributed by atoms with Gasteiger partial charge in [0.2, 0.25) is 0 Å². The molecule has 2 rings (SSSR count). The maximum atomic E-state index is 12.1. The van der Waals surface area contributed by atoms with Gasteiger partial charge in [-0.2, -0.15) is 0 Å². The van der Waals surface area contributed by atoms with Crippen LogP contribution in [0.4, 0.5) is 0 Å². The number of likely N-dealkylation sites (N-methyl/N-ethyl adjacent to an activating group) is 1. The molecule has 1 saturated heterocycles. The highest BCUT2D eigenvalue weighted by Gasteiger charge is 2.17. The lowest BCUT2D eigenvalue weighted by atomic mass is 10.2. The molecule has 2 N–H and O–H groups in total. The van der Waals surface area contributed by atoms with Gasteiger partial charge in [-0.3, -0.25) is 4.79 Å². The van der Waals surface area contributed by atoms with E-state index in [-0.39, 0.29) is 12.5 Å². The quantitative estimate of drug-likeness (QED) is 0.879. The number of benzene rings is 1. The van der Waals surface area contributed by atoms with Gasteiger partial charge in [-0.25, -0.2) is 0 Å². The van der Waals surface area contributed by atoms with E-state index in [0.717, 1.165) is 38.2 Å². The van der Waals surface area contributed by atoms with Gasteiger partial charge in [0, 0.05) is 26.2 Å². The predicted octanol–water partition coefficient (Wildman–Crippen LogP) is 0.688. The minimum atomic E-state index is 0.0585. The fraction of sp³-hybridized carbons (Fsp3) is 0.533. The summed E-state index contributed by atoms with van der Waals surface area (Å²) in [5, 5.41) is 0. The molecule has 5 heteroatoms. The summed E-state index contributed by atoms with van der Waals surface area (Å²) in [5.74, 6) is 0.769. The zero-order valence-corrected chi connectivity index (χ0v) is 12.0. The first kappa shape index (κ1) is 14.8. The minimum absolute atomic E-state index is 0.0585. The summed E-state index contributed by atoms with van der Waals surface area (Å²) < 4.78 is 5.54. The van der Waals surface area contributed by atoms with Gasteiger partial charge in [-0.05, 0) is 37.7 Å². The first-order chi connectivity index (χ1) is 9.69. The number of hydrogen-bond donors (Lipinski definition) is 1. The van der Waals surface area contributed by atoms with Crippen LogP contribution in [0.5, 0.6) is 5.75 Å². The van der Waals surface area contributed by atoms with Crippen molar-refractivity contribution in [3.05, 3.63) is 29.8 Å². The van der Waals surface area contributed by atoms with Crippen molar-refractivity contribution in [2.45, 2.75) is 13.0 Å². The molecule has 0 aliphatic carbocycles. The molecular weight excluding hydrogens is 254 g/mol. The van der Waals surface area contributed by atoms with E-state index in [1.54, 1.807) is 0 Å². The van der Waals surface area contributed by atoms with Crippen molar-refractivity contribution in [2.24, 2.45) is 5.73 Å². The number of hydrogen-bond acceptors (Lipinski definition) is 4. The van der Waals surface area contributed by atoms with Gasteiger partial charge in [-0.1, -0.05) is 12.1 Å². The normalized spacial score (nSPS) is 16.8. The van der Waals surface area contributed by atoms with Crippen molar-refractivity contribution < 1.29 is 9.53 Å². The maximum Gasteiger partial charge on any atom is 0.260 e. The van der Waals surface area contributed by atoms with Gasteiger partial charge in [0.15, 0.2) is 6.61 Å². The van der Waals surface area contributed by atoms with E-state index in [0.29, 0.717) is 12.3 Å². The summed E-state index contributed by atoms with van der Waals surface area (Å²) in [6.07, 6.45) is 1.02. The van der Waals surface area contributed by atoms with Crippen LogP contribution in [0.1, 0.15) is 12.0 Å². The van der Waals surface area contributed by atoms with Crippen molar-refractivity contribution in [3.8, 4) is 5.75 Å². The lowest BCUT2D eigenvalue weighted by molar-refractivity contribution is -0.133. The van der Waals surface area contributed by atoms with Crippen LogP contribution in [0.2, 0.25) is 0 Å². The Hall–Kier alpha value is -1.59. The molecule has 1 fully saturated rings. The van der Waals surface area contributed by atoms with Gasteiger partial charge in [0.05, 0.1) is 0 Å². The molecule has 1 amide bonds. The Morgan fingerprint density at radius 3 is 2.65 bits per heavy atom. The van der Waals surface area contributed by atoms with Crippen molar-refractivity contribution in [1.82, 2.24) is 9.80 Å². The third-order valence-corrected chi connectivity index (χ3v) is 3.59. The van der Waals surface area contributed by atoms with Crippen LogP contribution in [0, 0.1) is 0 Å². The summed E-state index contributed by atoms with van der Waals surface area (Å²) in [4.78, 5) is 16.3. The highest BCUT2D eigenvalue weighted by molar-refractivity contribution is 5.77. The summed E-state index contributed by atoms with van der Waals surface area (Å²) >= 11 is 0. The number of ether oxygens (including phenoxy) is 1. The SMILES string of the molecule is CN1CCCN(C(=O)COc2ccc(CN)cc2)CC1. The van der Waals surface area contributed by atoms with Gasteiger partial charge in [-0.15, -0.1) is 0 Å². The van der Waals surface area contributed by atoms with Crippen molar-refractivity contribution in [3.63, 3.8) is 0 Å². The van der Waals surface area contributed by atoms with Gasteiger partial charge in [0.1, 0.15) is 5.75 Å². The van der Waals surface area contributed by atoms with E-state index in [2.05, 4.69) is 11.9 Å². The molecular formula is C15H23N3O2.